The molecular formula is C10H12N4O4S. The molecule has 0 aliphatic carbocycles. The van der Waals surface area contributed by atoms with Gasteiger partial charge in [-0.2, -0.15) is 9.57 Å². The van der Waals surface area contributed by atoms with Gasteiger partial charge in [0.05, 0.1) is 16.7 Å². The van der Waals surface area contributed by atoms with Crippen LogP contribution in [0.15, 0.2) is 23.1 Å². The monoisotopic (exact) mass is 284 g/mol. The van der Waals surface area contributed by atoms with E-state index in [1.807, 2.05) is 6.07 Å². The Morgan fingerprint density at radius 1 is 1.53 bits per heavy atom. The van der Waals surface area contributed by atoms with Crippen molar-refractivity contribution < 1.29 is 13.3 Å². The lowest BCUT2D eigenvalue weighted by molar-refractivity contribution is -0.384. The first-order chi connectivity index (χ1) is 8.80. The molecule has 8 nitrogen and oxygen atoms in total. The van der Waals surface area contributed by atoms with Crippen LogP contribution in [0.2, 0.25) is 0 Å². The fraction of sp³-hybridized carbons (Fsp3) is 0.300. The molecule has 19 heavy (non-hydrogen) atoms. The molecule has 0 fully saturated rings. The number of sulfonamides is 1. The first-order valence-electron chi connectivity index (χ1n) is 5.18. The van der Waals surface area contributed by atoms with Gasteiger partial charge in [0.1, 0.15) is 4.90 Å². The van der Waals surface area contributed by atoms with Crippen molar-refractivity contribution in [2.24, 2.45) is 0 Å². The number of nitrogens with zero attached hydrogens (tertiary/aromatic N) is 3. The molecule has 0 saturated carbocycles. The van der Waals surface area contributed by atoms with Gasteiger partial charge in [-0.1, -0.05) is 0 Å². The number of nitriles is 1. The second-order valence-corrected chi connectivity index (χ2v) is 5.73. The Morgan fingerprint density at radius 3 is 2.63 bits per heavy atom. The molecule has 0 saturated heterocycles. The van der Waals surface area contributed by atoms with E-state index in [0.717, 1.165) is 22.5 Å². The number of rotatable bonds is 5. The molecule has 0 aliphatic rings. The third-order valence-corrected chi connectivity index (χ3v) is 4.36. The molecule has 0 bridgehead atoms. The van der Waals surface area contributed by atoms with Crippen molar-refractivity contribution in [2.75, 3.05) is 19.3 Å². The summed E-state index contributed by atoms with van der Waals surface area (Å²) in [6, 6.07) is 4.99. The van der Waals surface area contributed by atoms with Gasteiger partial charge in [0.2, 0.25) is 10.0 Å². The van der Waals surface area contributed by atoms with Gasteiger partial charge >= 0.3 is 0 Å². The van der Waals surface area contributed by atoms with Gasteiger partial charge in [-0.15, -0.1) is 0 Å². The van der Waals surface area contributed by atoms with Gasteiger partial charge in [0, 0.05) is 32.1 Å². The van der Waals surface area contributed by atoms with Crippen LogP contribution in [0, 0.1) is 21.4 Å². The second-order valence-electron chi connectivity index (χ2n) is 3.71. The summed E-state index contributed by atoms with van der Waals surface area (Å²) in [5, 5.41) is 19.0. The van der Waals surface area contributed by atoms with Crippen LogP contribution < -0.4 is 5.73 Å². The molecule has 0 spiro atoms. The third-order valence-electron chi connectivity index (χ3n) is 2.43. The molecule has 0 radical (unpaired) electrons. The van der Waals surface area contributed by atoms with Crippen molar-refractivity contribution >= 4 is 21.4 Å². The summed E-state index contributed by atoms with van der Waals surface area (Å²) in [5.74, 6) is 0. The predicted octanol–water partition coefficient (Wildman–Crippen LogP) is 0.711. The van der Waals surface area contributed by atoms with E-state index in [-0.39, 0.29) is 29.2 Å². The van der Waals surface area contributed by atoms with Crippen molar-refractivity contribution in [3.63, 3.8) is 0 Å². The van der Waals surface area contributed by atoms with Gasteiger partial charge in [-0.05, 0) is 6.07 Å². The topological polar surface area (TPSA) is 130 Å². The Labute approximate surface area is 110 Å². The van der Waals surface area contributed by atoms with Crippen molar-refractivity contribution in [1.29, 1.82) is 5.26 Å². The summed E-state index contributed by atoms with van der Waals surface area (Å²) in [6.45, 7) is 0.0231. The largest absolute Gasteiger partial charge is 0.397 e. The van der Waals surface area contributed by atoms with Gasteiger partial charge in [0.25, 0.3) is 5.69 Å². The highest BCUT2D eigenvalue weighted by molar-refractivity contribution is 7.89. The molecule has 0 atom stereocenters. The van der Waals surface area contributed by atoms with Crippen LogP contribution in [-0.4, -0.2) is 31.2 Å². The zero-order chi connectivity index (χ0) is 14.6. The number of nitro benzene ring substituents is 1. The summed E-state index contributed by atoms with van der Waals surface area (Å²) in [6.07, 6.45) is 0.0443. The Balaban J connectivity index is 3.16. The van der Waals surface area contributed by atoms with Crippen LogP contribution in [-0.2, 0) is 10.0 Å². The van der Waals surface area contributed by atoms with Crippen LogP contribution in [0.5, 0.6) is 0 Å². The average molecular weight is 284 g/mol. The quantitative estimate of drug-likeness (QED) is 0.481. The third kappa shape index (κ3) is 3.18. The lowest BCUT2D eigenvalue weighted by atomic mass is 10.3. The molecule has 2 N–H and O–H groups in total. The second kappa shape index (κ2) is 5.64. The Bertz CT molecular complexity index is 635. The highest BCUT2D eigenvalue weighted by Gasteiger charge is 2.24. The summed E-state index contributed by atoms with van der Waals surface area (Å²) in [7, 11) is -2.54. The summed E-state index contributed by atoms with van der Waals surface area (Å²) >= 11 is 0. The zero-order valence-electron chi connectivity index (χ0n) is 10.1. The smallest absolute Gasteiger partial charge is 0.271 e. The highest BCUT2D eigenvalue weighted by atomic mass is 32.2. The van der Waals surface area contributed by atoms with E-state index in [1.165, 1.54) is 7.05 Å². The fourth-order valence-corrected chi connectivity index (χ4v) is 2.64. The summed E-state index contributed by atoms with van der Waals surface area (Å²) < 4.78 is 25.2. The van der Waals surface area contributed by atoms with Crippen LogP contribution in [0.3, 0.4) is 0 Å². The molecule has 0 aromatic heterocycles. The molecular weight excluding hydrogens is 272 g/mol. The fourth-order valence-electron chi connectivity index (χ4n) is 1.38. The molecule has 1 aromatic carbocycles. The van der Waals surface area contributed by atoms with E-state index >= 15 is 0 Å². The minimum atomic E-state index is -3.85. The van der Waals surface area contributed by atoms with Crippen molar-refractivity contribution in [2.45, 2.75) is 11.3 Å². The van der Waals surface area contributed by atoms with E-state index in [2.05, 4.69) is 0 Å². The van der Waals surface area contributed by atoms with Crippen LogP contribution >= 0.6 is 0 Å². The van der Waals surface area contributed by atoms with Crippen LogP contribution in [0.1, 0.15) is 6.42 Å². The van der Waals surface area contributed by atoms with Gasteiger partial charge in [-0.25, -0.2) is 8.42 Å². The number of anilines is 1. The molecule has 0 heterocycles. The lowest BCUT2D eigenvalue weighted by Crippen LogP contribution is -2.28. The summed E-state index contributed by atoms with van der Waals surface area (Å²) in [5.41, 5.74) is 5.06. The van der Waals surface area contributed by atoms with Crippen molar-refractivity contribution in [3.05, 3.63) is 28.3 Å². The molecule has 102 valence electrons. The maximum absolute atomic E-state index is 12.1. The maximum atomic E-state index is 12.1. The number of hydrogen-bond acceptors (Lipinski definition) is 6. The maximum Gasteiger partial charge on any atom is 0.271 e. The minimum Gasteiger partial charge on any atom is -0.397 e. The zero-order valence-corrected chi connectivity index (χ0v) is 10.9. The van der Waals surface area contributed by atoms with E-state index < -0.39 is 14.9 Å². The van der Waals surface area contributed by atoms with Gasteiger partial charge in [-0.3, -0.25) is 10.1 Å². The van der Waals surface area contributed by atoms with Crippen molar-refractivity contribution in [1.82, 2.24) is 4.31 Å². The number of nitrogen functional groups attached to an aromatic ring is 1. The molecule has 0 unspecified atom stereocenters. The normalized spacial score (nSPS) is 11.2. The SMILES string of the molecule is CN(CCC#N)S(=O)(=O)c1ccc([N+](=O)[O-])cc1N. The molecule has 0 aliphatic heterocycles. The minimum absolute atomic E-state index is 0.0231. The molecule has 0 amide bonds. The molecule has 1 rings (SSSR count). The predicted molar refractivity (Wildman–Crippen MR) is 67.6 cm³/mol. The van der Waals surface area contributed by atoms with E-state index in [9.17, 15) is 18.5 Å². The number of nitrogens with two attached hydrogens (primary N) is 1. The standard InChI is InChI=1S/C10H12N4O4S/c1-13(6-2-5-11)19(17,18)10-4-3-8(14(15)16)7-9(10)12/h3-4,7H,2,6,12H2,1H3. The first-order valence-corrected chi connectivity index (χ1v) is 6.62. The first kappa shape index (κ1) is 14.9. The van der Waals surface area contributed by atoms with E-state index in [1.54, 1.807) is 0 Å². The number of nitro groups is 1. The number of non-ortho nitro benzene ring substituents is 1. The lowest BCUT2D eigenvalue weighted by Gasteiger charge is -2.16. The van der Waals surface area contributed by atoms with Crippen LogP contribution in [0.4, 0.5) is 11.4 Å². The Morgan fingerprint density at radius 2 is 2.16 bits per heavy atom. The van der Waals surface area contributed by atoms with E-state index in [0.29, 0.717) is 0 Å². The summed E-state index contributed by atoms with van der Waals surface area (Å²) in [4.78, 5) is 9.67. The van der Waals surface area contributed by atoms with Gasteiger partial charge in [0.15, 0.2) is 0 Å². The van der Waals surface area contributed by atoms with Gasteiger partial charge < -0.3 is 5.73 Å². The Hall–Kier alpha value is -2.18. The average Bonchev–Trinajstić information content (AvgIpc) is 2.35. The number of hydrogen-bond donors (Lipinski definition) is 1. The molecule has 9 heteroatoms. The van der Waals surface area contributed by atoms with Crippen molar-refractivity contribution in [3.8, 4) is 6.07 Å². The molecule has 1 aromatic rings. The number of benzene rings is 1. The highest BCUT2D eigenvalue weighted by Crippen LogP contribution is 2.25. The Kier molecular flexibility index (Phi) is 4.42. The van der Waals surface area contributed by atoms with E-state index in [4.69, 9.17) is 11.0 Å². The van der Waals surface area contributed by atoms with Crippen LogP contribution in [0.25, 0.3) is 0 Å².